The van der Waals surface area contributed by atoms with Gasteiger partial charge in [-0.05, 0) is 35.6 Å². The fourth-order valence-corrected chi connectivity index (χ4v) is 6.17. The maximum absolute atomic E-state index is 13.5. The standard InChI is InChI=1S/C24H27N3O4S2/c1-31-22-11-6-5-10-21(22)26-13-15-27(16-14-26)24(28)20(18-19-8-3-2-4-9-19)25-33(29,30)23-12-7-17-32-23/h2-12,17,20,25H,13-16,18H2,1H3/t20-/m0/s1. The SMILES string of the molecule is COc1ccccc1N1CCN(C(=O)[C@H](Cc2ccccc2)NS(=O)(=O)c2cccs2)CC1. The van der Waals surface area contributed by atoms with Crippen LogP contribution in [0.1, 0.15) is 5.56 Å². The Balaban J connectivity index is 1.49. The molecule has 0 unspecified atom stereocenters. The molecular formula is C24H27N3O4S2. The van der Waals surface area contributed by atoms with Crippen LogP contribution in [0.25, 0.3) is 0 Å². The van der Waals surface area contributed by atoms with Crippen molar-refractivity contribution in [2.45, 2.75) is 16.7 Å². The van der Waals surface area contributed by atoms with E-state index >= 15 is 0 Å². The summed E-state index contributed by atoms with van der Waals surface area (Å²) in [6.45, 7) is 2.29. The molecule has 1 atom stereocenters. The molecule has 0 radical (unpaired) electrons. The summed E-state index contributed by atoms with van der Waals surface area (Å²) >= 11 is 1.13. The molecule has 1 amide bonds. The molecule has 4 rings (SSSR count). The summed E-state index contributed by atoms with van der Waals surface area (Å²) < 4.78 is 34.1. The van der Waals surface area contributed by atoms with Crippen LogP contribution in [0.2, 0.25) is 0 Å². The summed E-state index contributed by atoms with van der Waals surface area (Å²) in [7, 11) is -2.14. The molecule has 7 nitrogen and oxygen atoms in total. The van der Waals surface area contributed by atoms with Crippen LogP contribution in [0.5, 0.6) is 5.75 Å². The molecule has 1 aromatic heterocycles. The molecule has 174 valence electrons. The highest BCUT2D eigenvalue weighted by atomic mass is 32.2. The lowest BCUT2D eigenvalue weighted by Gasteiger charge is -2.38. The van der Waals surface area contributed by atoms with Gasteiger partial charge in [0.1, 0.15) is 16.0 Å². The minimum Gasteiger partial charge on any atom is -0.495 e. The van der Waals surface area contributed by atoms with Gasteiger partial charge in [-0.25, -0.2) is 8.42 Å². The van der Waals surface area contributed by atoms with E-state index in [1.165, 1.54) is 0 Å². The van der Waals surface area contributed by atoms with E-state index in [1.807, 2.05) is 54.6 Å². The Bertz CT molecular complexity index is 1160. The van der Waals surface area contributed by atoms with Crippen LogP contribution < -0.4 is 14.4 Å². The zero-order chi connectivity index (χ0) is 23.3. The first-order chi connectivity index (χ1) is 16.0. The van der Waals surface area contributed by atoms with Crippen LogP contribution in [0, 0.1) is 0 Å². The number of para-hydroxylation sites is 2. The highest BCUT2D eigenvalue weighted by Gasteiger charge is 2.32. The van der Waals surface area contributed by atoms with Crippen molar-refractivity contribution in [1.29, 1.82) is 0 Å². The molecule has 0 saturated carbocycles. The second-order valence-corrected chi connectivity index (χ2v) is 10.7. The van der Waals surface area contributed by atoms with E-state index in [-0.39, 0.29) is 16.5 Å². The summed E-state index contributed by atoms with van der Waals surface area (Å²) in [5.41, 5.74) is 1.89. The van der Waals surface area contributed by atoms with Crippen molar-refractivity contribution in [3.05, 3.63) is 77.7 Å². The molecule has 1 N–H and O–H groups in total. The Morgan fingerprint density at radius 1 is 1.00 bits per heavy atom. The number of thiophene rings is 1. The average molecular weight is 486 g/mol. The molecule has 1 saturated heterocycles. The minimum atomic E-state index is -3.79. The van der Waals surface area contributed by atoms with Gasteiger partial charge in [0.15, 0.2) is 0 Å². The number of anilines is 1. The first-order valence-electron chi connectivity index (χ1n) is 10.7. The van der Waals surface area contributed by atoms with Gasteiger partial charge in [0.2, 0.25) is 5.91 Å². The largest absolute Gasteiger partial charge is 0.495 e. The number of sulfonamides is 1. The molecule has 33 heavy (non-hydrogen) atoms. The number of hydrogen-bond donors (Lipinski definition) is 1. The third kappa shape index (κ3) is 5.55. The lowest BCUT2D eigenvalue weighted by Crippen LogP contribution is -2.55. The topological polar surface area (TPSA) is 79.0 Å². The second kappa shape index (κ2) is 10.4. The predicted molar refractivity (Wildman–Crippen MR) is 130 cm³/mol. The van der Waals surface area contributed by atoms with E-state index < -0.39 is 16.1 Å². The Morgan fingerprint density at radius 2 is 1.70 bits per heavy atom. The molecule has 2 heterocycles. The number of carbonyl (C=O) groups excluding carboxylic acids is 1. The zero-order valence-electron chi connectivity index (χ0n) is 18.4. The predicted octanol–water partition coefficient (Wildman–Crippen LogP) is 3.00. The van der Waals surface area contributed by atoms with Crippen LogP contribution in [-0.4, -0.2) is 58.6 Å². The van der Waals surface area contributed by atoms with E-state index in [4.69, 9.17) is 4.74 Å². The van der Waals surface area contributed by atoms with Gasteiger partial charge in [-0.3, -0.25) is 4.79 Å². The second-order valence-electron chi connectivity index (χ2n) is 7.78. The van der Waals surface area contributed by atoms with Gasteiger partial charge in [0.25, 0.3) is 10.0 Å². The molecule has 1 fully saturated rings. The summed E-state index contributed by atoms with van der Waals surface area (Å²) in [5, 5.41) is 1.71. The summed E-state index contributed by atoms with van der Waals surface area (Å²) in [5.74, 6) is 0.585. The van der Waals surface area contributed by atoms with Crippen LogP contribution in [0.4, 0.5) is 5.69 Å². The fourth-order valence-electron chi connectivity index (χ4n) is 3.97. The number of nitrogens with one attached hydrogen (secondary N) is 1. The van der Waals surface area contributed by atoms with Gasteiger partial charge >= 0.3 is 0 Å². The molecule has 1 aliphatic rings. The van der Waals surface area contributed by atoms with Gasteiger partial charge in [-0.2, -0.15) is 4.72 Å². The third-order valence-corrected chi connectivity index (χ3v) is 8.52. The van der Waals surface area contributed by atoms with Crippen LogP contribution in [-0.2, 0) is 21.2 Å². The zero-order valence-corrected chi connectivity index (χ0v) is 20.0. The normalized spacial score (nSPS) is 15.3. The number of carbonyl (C=O) groups is 1. The van der Waals surface area contributed by atoms with E-state index in [2.05, 4.69) is 9.62 Å². The maximum Gasteiger partial charge on any atom is 0.250 e. The Morgan fingerprint density at radius 3 is 2.36 bits per heavy atom. The van der Waals surface area contributed by atoms with E-state index in [9.17, 15) is 13.2 Å². The first kappa shape index (κ1) is 23.3. The molecule has 3 aromatic rings. The number of piperazine rings is 1. The van der Waals surface area contributed by atoms with Crippen molar-refractivity contribution in [1.82, 2.24) is 9.62 Å². The number of benzene rings is 2. The van der Waals surface area contributed by atoms with Crippen LogP contribution >= 0.6 is 11.3 Å². The number of rotatable bonds is 8. The van der Waals surface area contributed by atoms with Crippen LogP contribution in [0.15, 0.2) is 76.3 Å². The number of methoxy groups -OCH3 is 1. The van der Waals surface area contributed by atoms with Crippen molar-refractivity contribution in [3.63, 3.8) is 0 Å². The highest BCUT2D eigenvalue weighted by Crippen LogP contribution is 2.28. The molecule has 9 heteroatoms. The van der Waals surface area contributed by atoms with Crippen molar-refractivity contribution >= 4 is 33.0 Å². The summed E-state index contributed by atoms with van der Waals surface area (Å²) in [4.78, 5) is 17.4. The summed E-state index contributed by atoms with van der Waals surface area (Å²) in [6, 6.07) is 19.6. The lowest BCUT2D eigenvalue weighted by atomic mass is 10.1. The lowest BCUT2D eigenvalue weighted by molar-refractivity contribution is -0.133. The van der Waals surface area contributed by atoms with Crippen LogP contribution in [0.3, 0.4) is 0 Å². The minimum absolute atomic E-state index is 0.203. The average Bonchev–Trinajstić information content (AvgIpc) is 3.40. The number of hydrogen-bond acceptors (Lipinski definition) is 6. The van der Waals surface area contributed by atoms with Gasteiger partial charge < -0.3 is 14.5 Å². The van der Waals surface area contributed by atoms with E-state index in [0.717, 1.165) is 28.3 Å². The Hall–Kier alpha value is -2.88. The Labute approximate surface area is 198 Å². The van der Waals surface area contributed by atoms with Crippen molar-refractivity contribution in [2.75, 3.05) is 38.2 Å². The number of nitrogens with zero attached hydrogens (tertiary/aromatic N) is 2. The van der Waals surface area contributed by atoms with Crippen molar-refractivity contribution < 1.29 is 17.9 Å². The fraction of sp³-hybridized carbons (Fsp3) is 0.292. The summed E-state index contributed by atoms with van der Waals surface area (Å²) in [6.07, 6.45) is 0.289. The van der Waals surface area contributed by atoms with E-state index in [1.54, 1.807) is 29.5 Å². The number of amides is 1. The monoisotopic (exact) mass is 485 g/mol. The first-order valence-corrected chi connectivity index (χ1v) is 13.1. The number of ether oxygens (including phenoxy) is 1. The smallest absolute Gasteiger partial charge is 0.250 e. The molecule has 2 aromatic carbocycles. The van der Waals surface area contributed by atoms with Gasteiger partial charge in [0, 0.05) is 26.2 Å². The molecular weight excluding hydrogens is 458 g/mol. The van der Waals surface area contributed by atoms with Gasteiger partial charge in [-0.15, -0.1) is 11.3 Å². The quantitative estimate of drug-likeness (QED) is 0.531. The molecule has 0 bridgehead atoms. The highest BCUT2D eigenvalue weighted by molar-refractivity contribution is 7.91. The molecule has 1 aliphatic heterocycles. The maximum atomic E-state index is 13.5. The van der Waals surface area contributed by atoms with E-state index in [0.29, 0.717) is 26.2 Å². The van der Waals surface area contributed by atoms with Gasteiger partial charge in [0.05, 0.1) is 12.8 Å². The molecule has 0 spiro atoms. The van der Waals surface area contributed by atoms with Crippen molar-refractivity contribution in [2.24, 2.45) is 0 Å². The Kier molecular flexibility index (Phi) is 7.32. The van der Waals surface area contributed by atoms with Gasteiger partial charge in [-0.1, -0.05) is 48.5 Å². The molecule has 0 aliphatic carbocycles. The third-order valence-electron chi connectivity index (χ3n) is 5.66. The van der Waals surface area contributed by atoms with Crippen molar-refractivity contribution in [3.8, 4) is 5.75 Å².